The van der Waals surface area contributed by atoms with E-state index in [0.717, 1.165) is 11.5 Å². The van der Waals surface area contributed by atoms with Crippen LogP contribution in [0.4, 0.5) is 5.82 Å². The van der Waals surface area contributed by atoms with Crippen molar-refractivity contribution in [2.75, 3.05) is 32.2 Å². The molecular weight excluding hydrogens is 228 g/mol. The number of nitrogens with zero attached hydrogens (tertiary/aromatic N) is 1. The Balaban J connectivity index is 2.40. The second kappa shape index (κ2) is 7.44. The number of anilines is 1. The van der Waals surface area contributed by atoms with E-state index >= 15 is 0 Å². The molecule has 4 nitrogen and oxygen atoms in total. The minimum Gasteiger partial charge on any atom is -0.379 e. The highest BCUT2D eigenvalue weighted by Gasteiger charge is 2.03. The van der Waals surface area contributed by atoms with Crippen molar-refractivity contribution in [3.8, 4) is 0 Å². The first-order valence-corrected chi connectivity index (χ1v) is 5.64. The predicted octanol–water partition coefficient (Wildman–Crippen LogP) is 2.33. The van der Waals surface area contributed by atoms with Crippen molar-refractivity contribution in [2.24, 2.45) is 0 Å². The largest absolute Gasteiger partial charge is 0.379 e. The van der Waals surface area contributed by atoms with Gasteiger partial charge in [-0.15, -0.1) is 0 Å². The Labute approximate surface area is 101 Å². The van der Waals surface area contributed by atoms with Crippen LogP contribution in [0.5, 0.6) is 0 Å². The third-order valence-corrected chi connectivity index (χ3v) is 2.33. The van der Waals surface area contributed by atoms with Crippen LogP contribution < -0.4 is 5.32 Å². The number of nitrogens with one attached hydrogen (secondary N) is 1. The Bertz CT molecular complexity index is 321. The van der Waals surface area contributed by atoms with Crippen molar-refractivity contribution in [3.05, 3.63) is 22.8 Å². The molecule has 0 bridgehead atoms. The first-order valence-electron chi connectivity index (χ1n) is 5.26. The molecule has 90 valence electrons. The predicted molar refractivity (Wildman–Crippen MR) is 64.9 cm³/mol. The highest BCUT2D eigenvalue weighted by molar-refractivity contribution is 6.31. The Morgan fingerprint density at radius 2 is 2.06 bits per heavy atom. The number of rotatable bonds is 7. The summed E-state index contributed by atoms with van der Waals surface area (Å²) < 4.78 is 10.6. The number of halogens is 1. The van der Waals surface area contributed by atoms with Crippen LogP contribution in [0.2, 0.25) is 5.02 Å². The van der Waals surface area contributed by atoms with Crippen LogP contribution in [0.1, 0.15) is 12.6 Å². The SMILES string of the molecule is CCOCCOCc1nc(NC)ccc1Cl. The number of aromatic nitrogens is 1. The van der Waals surface area contributed by atoms with Gasteiger partial charge in [0.1, 0.15) is 5.82 Å². The fourth-order valence-electron chi connectivity index (χ4n) is 1.16. The van der Waals surface area contributed by atoms with Crippen molar-refractivity contribution >= 4 is 17.4 Å². The Kier molecular flexibility index (Phi) is 6.15. The Hall–Kier alpha value is -0.840. The second-order valence-corrected chi connectivity index (χ2v) is 3.53. The van der Waals surface area contributed by atoms with Gasteiger partial charge in [-0.05, 0) is 19.1 Å². The summed E-state index contributed by atoms with van der Waals surface area (Å²) in [6, 6.07) is 3.63. The molecule has 1 N–H and O–H groups in total. The maximum absolute atomic E-state index is 5.99. The number of pyridine rings is 1. The summed E-state index contributed by atoms with van der Waals surface area (Å²) in [4.78, 5) is 4.30. The molecule has 0 unspecified atom stereocenters. The summed E-state index contributed by atoms with van der Waals surface area (Å²) in [6.45, 7) is 4.21. The monoisotopic (exact) mass is 244 g/mol. The van der Waals surface area contributed by atoms with Crippen LogP contribution >= 0.6 is 11.6 Å². The van der Waals surface area contributed by atoms with Gasteiger partial charge in [0.15, 0.2) is 0 Å². The van der Waals surface area contributed by atoms with Crippen LogP contribution in [0, 0.1) is 0 Å². The summed E-state index contributed by atoms with van der Waals surface area (Å²) in [7, 11) is 1.82. The standard InChI is InChI=1S/C11H17ClN2O2/c1-3-15-6-7-16-8-10-9(12)4-5-11(13-2)14-10/h4-5H,3,6-8H2,1-2H3,(H,13,14). The average Bonchev–Trinajstić information content (AvgIpc) is 2.31. The lowest BCUT2D eigenvalue weighted by atomic mass is 10.3. The minimum atomic E-state index is 0.404. The fraction of sp³-hybridized carbons (Fsp3) is 0.545. The van der Waals surface area contributed by atoms with E-state index in [1.807, 2.05) is 26.1 Å². The average molecular weight is 245 g/mol. The molecule has 0 spiro atoms. The molecule has 0 atom stereocenters. The normalized spacial score (nSPS) is 10.4. The third kappa shape index (κ3) is 4.35. The van der Waals surface area contributed by atoms with E-state index in [1.165, 1.54) is 0 Å². The van der Waals surface area contributed by atoms with Gasteiger partial charge in [-0.3, -0.25) is 0 Å². The van der Waals surface area contributed by atoms with E-state index in [-0.39, 0.29) is 0 Å². The summed E-state index contributed by atoms with van der Waals surface area (Å²) >= 11 is 5.99. The second-order valence-electron chi connectivity index (χ2n) is 3.12. The Morgan fingerprint density at radius 1 is 1.31 bits per heavy atom. The molecule has 0 aliphatic rings. The summed E-state index contributed by atoms with van der Waals surface area (Å²) in [5.74, 6) is 0.785. The first kappa shape index (κ1) is 13.2. The molecule has 1 aromatic heterocycles. The molecule has 1 heterocycles. The quantitative estimate of drug-likeness (QED) is 0.748. The van der Waals surface area contributed by atoms with E-state index in [9.17, 15) is 0 Å². The zero-order valence-electron chi connectivity index (χ0n) is 9.62. The molecule has 5 heteroatoms. The van der Waals surface area contributed by atoms with Crippen molar-refractivity contribution in [3.63, 3.8) is 0 Å². The van der Waals surface area contributed by atoms with Gasteiger partial charge in [-0.2, -0.15) is 0 Å². The zero-order valence-corrected chi connectivity index (χ0v) is 10.4. The molecule has 0 aliphatic carbocycles. The zero-order chi connectivity index (χ0) is 11.8. The molecule has 0 saturated carbocycles. The van der Waals surface area contributed by atoms with Crippen LogP contribution in [0.15, 0.2) is 12.1 Å². The van der Waals surface area contributed by atoms with Crippen LogP contribution in [-0.2, 0) is 16.1 Å². The molecule has 0 fully saturated rings. The van der Waals surface area contributed by atoms with Crippen molar-refractivity contribution in [1.82, 2.24) is 4.98 Å². The van der Waals surface area contributed by atoms with Gasteiger partial charge in [0.25, 0.3) is 0 Å². The lowest BCUT2D eigenvalue weighted by Gasteiger charge is -2.07. The lowest BCUT2D eigenvalue weighted by Crippen LogP contribution is -2.06. The topological polar surface area (TPSA) is 43.4 Å². The number of hydrogen-bond acceptors (Lipinski definition) is 4. The van der Waals surface area contributed by atoms with E-state index in [0.29, 0.717) is 31.5 Å². The molecule has 1 aromatic rings. The Morgan fingerprint density at radius 3 is 2.75 bits per heavy atom. The number of ether oxygens (including phenoxy) is 2. The molecule has 0 amide bonds. The van der Waals surface area contributed by atoms with Gasteiger partial charge in [-0.1, -0.05) is 11.6 Å². The van der Waals surface area contributed by atoms with E-state index < -0.39 is 0 Å². The maximum Gasteiger partial charge on any atom is 0.126 e. The lowest BCUT2D eigenvalue weighted by molar-refractivity contribution is 0.0442. The summed E-state index contributed by atoms with van der Waals surface area (Å²) in [6.07, 6.45) is 0. The van der Waals surface area contributed by atoms with Crippen LogP contribution in [0.3, 0.4) is 0 Å². The van der Waals surface area contributed by atoms with Gasteiger partial charge >= 0.3 is 0 Å². The molecular formula is C11H17ClN2O2. The van der Waals surface area contributed by atoms with Crippen molar-refractivity contribution in [2.45, 2.75) is 13.5 Å². The third-order valence-electron chi connectivity index (χ3n) is 1.99. The minimum absolute atomic E-state index is 0.404. The molecule has 16 heavy (non-hydrogen) atoms. The summed E-state index contributed by atoms with van der Waals surface area (Å²) in [5.41, 5.74) is 0.741. The highest BCUT2D eigenvalue weighted by atomic mass is 35.5. The molecule has 1 rings (SSSR count). The molecule has 0 saturated heterocycles. The van der Waals surface area contributed by atoms with E-state index in [1.54, 1.807) is 0 Å². The van der Waals surface area contributed by atoms with E-state index in [4.69, 9.17) is 21.1 Å². The first-order chi connectivity index (χ1) is 7.77. The van der Waals surface area contributed by atoms with Crippen molar-refractivity contribution in [1.29, 1.82) is 0 Å². The molecule has 0 aromatic carbocycles. The van der Waals surface area contributed by atoms with Gasteiger partial charge in [0.05, 0.1) is 30.5 Å². The van der Waals surface area contributed by atoms with Gasteiger partial charge in [0.2, 0.25) is 0 Å². The van der Waals surface area contributed by atoms with Gasteiger partial charge in [0, 0.05) is 13.7 Å². The molecule has 0 aliphatic heterocycles. The van der Waals surface area contributed by atoms with Crippen LogP contribution in [-0.4, -0.2) is 31.9 Å². The van der Waals surface area contributed by atoms with Gasteiger partial charge < -0.3 is 14.8 Å². The van der Waals surface area contributed by atoms with Crippen molar-refractivity contribution < 1.29 is 9.47 Å². The van der Waals surface area contributed by atoms with Gasteiger partial charge in [-0.25, -0.2) is 4.98 Å². The number of hydrogen-bond donors (Lipinski definition) is 1. The highest BCUT2D eigenvalue weighted by Crippen LogP contribution is 2.17. The van der Waals surface area contributed by atoms with E-state index in [2.05, 4.69) is 10.3 Å². The maximum atomic E-state index is 5.99. The molecule has 0 radical (unpaired) electrons. The summed E-state index contributed by atoms with van der Waals surface area (Å²) in [5, 5.41) is 3.58. The smallest absolute Gasteiger partial charge is 0.126 e. The fourth-order valence-corrected chi connectivity index (χ4v) is 1.32. The van der Waals surface area contributed by atoms with Crippen LogP contribution in [0.25, 0.3) is 0 Å².